The summed E-state index contributed by atoms with van der Waals surface area (Å²) in [5.74, 6) is 0.154. The van der Waals surface area contributed by atoms with Crippen molar-refractivity contribution in [2.45, 2.75) is 58.0 Å². The highest BCUT2D eigenvalue weighted by Crippen LogP contribution is 2.22. The fraction of sp³-hybridized carbons (Fsp3) is 0.933. The number of hydrogen-bond acceptors (Lipinski definition) is 5. The zero-order chi connectivity index (χ0) is 15.5. The minimum atomic E-state index is -0.749. The third kappa shape index (κ3) is 4.83. The van der Waals surface area contributed by atoms with Gasteiger partial charge in [-0.25, -0.2) is 4.79 Å². The summed E-state index contributed by atoms with van der Waals surface area (Å²) in [5.41, 5.74) is -0.486. The Hall–Kier alpha value is -0.850. The SMILES string of the molecule is CC(C)(C)OC(=O)N1CCCC1COC(O)C1CCNC1. The van der Waals surface area contributed by atoms with Gasteiger partial charge in [-0.3, -0.25) is 0 Å². The Labute approximate surface area is 126 Å². The molecular weight excluding hydrogens is 272 g/mol. The molecule has 6 heteroatoms. The maximum absolute atomic E-state index is 12.1. The zero-order valence-corrected chi connectivity index (χ0v) is 13.3. The van der Waals surface area contributed by atoms with Crippen molar-refractivity contribution >= 4 is 6.09 Å². The summed E-state index contributed by atoms with van der Waals surface area (Å²) >= 11 is 0. The fourth-order valence-electron chi connectivity index (χ4n) is 2.84. The molecule has 1 amide bonds. The number of carbonyl (C=O) groups is 1. The van der Waals surface area contributed by atoms with Gasteiger partial charge in [-0.2, -0.15) is 0 Å². The van der Waals surface area contributed by atoms with Crippen molar-refractivity contribution in [1.29, 1.82) is 0 Å². The van der Waals surface area contributed by atoms with Crippen LogP contribution in [0.5, 0.6) is 0 Å². The van der Waals surface area contributed by atoms with Gasteiger partial charge in [0.2, 0.25) is 0 Å². The standard InChI is InChI=1S/C15H28N2O4/c1-15(2,3)21-14(19)17-8-4-5-12(17)10-20-13(18)11-6-7-16-9-11/h11-13,16,18H,4-10H2,1-3H3. The Bertz CT molecular complexity index is 350. The van der Waals surface area contributed by atoms with E-state index < -0.39 is 11.9 Å². The van der Waals surface area contributed by atoms with Gasteiger partial charge in [0, 0.05) is 19.0 Å². The van der Waals surface area contributed by atoms with Crippen LogP contribution in [0.3, 0.4) is 0 Å². The lowest BCUT2D eigenvalue weighted by molar-refractivity contribution is -0.138. The summed E-state index contributed by atoms with van der Waals surface area (Å²) in [6, 6.07) is 0.00358. The number of nitrogens with zero attached hydrogens (tertiary/aromatic N) is 1. The van der Waals surface area contributed by atoms with E-state index in [1.807, 2.05) is 20.8 Å². The number of rotatable bonds is 4. The molecular formula is C15H28N2O4. The lowest BCUT2D eigenvalue weighted by Crippen LogP contribution is -2.42. The van der Waals surface area contributed by atoms with Crippen molar-refractivity contribution in [2.24, 2.45) is 5.92 Å². The lowest BCUT2D eigenvalue weighted by atomic mass is 10.1. The molecule has 2 rings (SSSR count). The molecule has 0 aromatic heterocycles. The topological polar surface area (TPSA) is 71.0 Å². The smallest absolute Gasteiger partial charge is 0.410 e. The van der Waals surface area contributed by atoms with Crippen LogP contribution in [0, 0.1) is 5.92 Å². The highest BCUT2D eigenvalue weighted by Gasteiger charge is 2.33. The molecule has 3 atom stereocenters. The number of aliphatic hydroxyl groups is 1. The first kappa shape index (κ1) is 16.5. The molecule has 2 heterocycles. The lowest BCUT2D eigenvalue weighted by Gasteiger charge is -2.29. The van der Waals surface area contributed by atoms with E-state index in [1.54, 1.807) is 4.90 Å². The number of amides is 1. The Kier molecular flexibility index (Phi) is 5.46. The first-order valence-corrected chi connectivity index (χ1v) is 7.87. The van der Waals surface area contributed by atoms with E-state index in [4.69, 9.17) is 9.47 Å². The van der Waals surface area contributed by atoms with Crippen LogP contribution in [0.2, 0.25) is 0 Å². The number of nitrogens with one attached hydrogen (secondary N) is 1. The van der Waals surface area contributed by atoms with Gasteiger partial charge in [0.25, 0.3) is 0 Å². The quantitative estimate of drug-likeness (QED) is 0.767. The highest BCUT2D eigenvalue weighted by atomic mass is 16.6. The third-order valence-electron chi connectivity index (χ3n) is 3.97. The van der Waals surface area contributed by atoms with E-state index in [9.17, 15) is 9.90 Å². The van der Waals surface area contributed by atoms with Crippen LogP contribution in [0.15, 0.2) is 0 Å². The summed E-state index contributed by atoms with van der Waals surface area (Å²) in [6.45, 7) is 8.39. The number of likely N-dealkylation sites (tertiary alicyclic amines) is 1. The van der Waals surface area contributed by atoms with Crippen LogP contribution >= 0.6 is 0 Å². The predicted octanol–water partition coefficient (Wildman–Crippen LogP) is 1.33. The number of ether oxygens (including phenoxy) is 2. The monoisotopic (exact) mass is 300 g/mol. The number of hydrogen-bond donors (Lipinski definition) is 2. The van der Waals surface area contributed by atoms with Crippen molar-refractivity contribution in [1.82, 2.24) is 10.2 Å². The molecule has 0 aromatic carbocycles. The second kappa shape index (κ2) is 6.94. The van der Waals surface area contributed by atoms with Crippen molar-refractivity contribution in [2.75, 3.05) is 26.2 Å². The van der Waals surface area contributed by atoms with Gasteiger partial charge in [0.05, 0.1) is 12.6 Å². The van der Waals surface area contributed by atoms with E-state index in [0.29, 0.717) is 13.2 Å². The van der Waals surface area contributed by atoms with Gasteiger partial charge in [0.1, 0.15) is 5.60 Å². The summed E-state index contributed by atoms with van der Waals surface area (Å²) < 4.78 is 11.0. The second-order valence-corrected chi connectivity index (χ2v) is 6.95. The molecule has 2 fully saturated rings. The Morgan fingerprint density at radius 3 is 2.81 bits per heavy atom. The molecule has 0 aliphatic carbocycles. The number of aliphatic hydroxyl groups excluding tert-OH is 1. The van der Waals surface area contributed by atoms with Crippen LogP contribution < -0.4 is 5.32 Å². The van der Waals surface area contributed by atoms with Gasteiger partial charge >= 0.3 is 6.09 Å². The predicted molar refractivity (Wildman–Crippen MR) is 78.9 cm³/mol. The minimum Gasteiger partial charge on any atom is -0.444 e. The van der Waals surface area contributed by atoms with Crippen LogP contribution in [-0.4, -0.2) is 60.3 Å². The van der Waals surface area contributed by atoms with Crippen LogP contribution in [0.25, 0.3) is 0 Å². The molecule has 6 nitrogen and oxygen atoms in total. The normalized spacial score (nSPS) is 27.9. The molecule has 2 saturated heterocycles. The van der Waals surface area contributed by atoms with E-state index >= 15 is 0 Å². The van der Waals surface area contributed by atoms with E-state index in [-0.39, 0.29) is 18.1 Å². The number of carbonyl (C=O) groups excluding carboxylic acids is 1. The van der Waals surface area contributed by atoms with E-state index in [0.717, 1.165) is 32.4 Å². The van der Waals surface area contributed by atoms with Gasteiger partial charge in [-0.1, -0.05) is 0 Å². The Morgan fingerprint density at radius 2 is 2.19 bits per heavy atom. The molecule has 2 aliphatic heterocycles. The first-order valence-electron chi connectivity index (χ1n) is 7.87. The zero-order valence-electron chi connectivity index (χ0n) is 13.3. The Morgan fingerprint density at radius 1 is 1.43 bits per heavy atom. The van der Waals surface area contributed by atoms with Gasteiger partial charge in [0.15, 0.2) is 6.29 Å². The highest BCUT2D eigenvalue weighted by molar-refractivity contribution is 5.68. The average molecular weight is 300 g/mol. The van der Waals surface area contributed by atoms with E-state index in [1.165, 1.54) is 0 Å². The van der Waals surface area contributed by atoms with Crippen molar-refractivity contribution in [3.8, 4) is 0 Å². The molecule has 0 bridgehead atoms. The molecule has 0 spiro atoms. The van der Waals surface area contributed by atoms with Crippen LogP contribution in [0.1, 0.15) is 40.0 Å². The van der Waals surface area contributed by atoms with Crippen LogP contribution in [0.4, 0.5) is 4.79 Å². The van der Waals surface area contributed by atoms with Crippen molar-refractivity contribution < 1.29 is 19.4 Å². The summed E-state index contributed by atoms with van der Waals surface area (Å²) in [5, 5.41) is 13.2. The average Bonchev–Trinajstić information content (AvgIpc) is 3.04. The van der Waals surface area contributed by atoms with Crippen LogP contribution in [-0.2, 0) is 9.47 Å². The molecule has 0 saturated carbocycles. The van der Waals surface area contributed by atoms with Gasteiger partial charge in [-0.05, 0) is 46.6 Å². The molecule has 0 aromatic rings. The third-order valence-corrected chi connectivity index (χ3v) is 3.97. The van der Waals surface area contributed by atoms with Gasteiger partial charge < -0.3 is 24.8 Å². The van der Waals surface area contributed by atoms with Gasteiger partial charge in [-0.15, -0.1) is 0 Å². The van der Waals surface area contributed by atoms with Crippen molar-refractivity contribution in [3.63, 3.8) is 0 Å². The molecule has 21 heavy (non-hydrogen) atoms. The Balaban J connectivity index is 1.80. The van der Waals surface area contributed by atoms with Crippen molar-refractivity contribution in [3.05, 3.63) is 0 Å². The molecule has 122 valence electrons. The summed E-state index contributed by atoms with van der Waals surface area (Å²) in [7, 11) is 0. The molecule has 2 N–H and O–H groups in total. The molecule has 0 radical (unpaired) electrons. The largest absolute Gasteiger partial charge is 0.444 e. The maximum Gasteiger partial charge on any atom is 0.410 e. The molecule has 2 aliphatic rings. The summed E-state index contributed by atoms with van der Waals surface area (Å²) in [6.07, 6.45) is 1.75. The van der Waals surface area contributed by atoms with E-state index in [2.05, 4.69) is 5.32 Å². The first-order chi connectivity index (χ1) is 9.87. The fourth-order valence-corrected chi connectivity index (χ4v) is 2.84. The summed E-state index contributed by atoms with van der Waals surface area (Å²) in [4.78, 5) is 13.9. The maximum atomic E-state index is 12.1. The minimum absolute atomic E-state index is 0.00358. The second-order valence-electron chi connectivity index (χ2n) is 6.95. The molecule has 3 unspecified atom stereocenters.